The molecular weight excluding hydrogens is 235 g/mol. The van der Waals surface area contributed by atoms with E-state index < -0.39 is 25.9 Å². The molecule has 0 spiro atoms. The quantitative estimate of drug-likeness (QED) is 0.344. The second-order valence-corrected chi connectivity index (χ2v) is 5.31. The van der Waals surface area contributed by atoms with Crippen LogP contribution in [0.2, 0.25) is 0 Å². The molecule has 0 bridgehead atoms. The van der Waals surface area contributed by atoms with Crippen molar-refractivity contribution in [3.05, 3.63) is 0 Å². The van der Waals surface area contributed by atoms with Crippen LogP contribution in [-0.4, -0.2) is 51.7 Å². The fraction of sp³-hybridized carbons (Fsp3) is 0.875. The first-order chi connectivity index (χ1) is 7.28. The molecule has 0 aromatic heterocycles. The summed E-state index contributed by atoms with van der Waals surface area (Å²) in [5.41, 5.74) is 5.28. The van der Waals surface area contributed by atoms with E-state index in [0.29, 0.717) is 25.8 Å². The molecular formula is C8H19N2O5P. The largest absolute Gasteiger partial charge is 0.480 e. The number of carboxylic acid groups (broad SMARTS) is 1. The molecule has 0 aromatic rings. The third-order valence-electron chi connectivity index (χ3n) is 2.16. The maximum absolute atomic E-state index is 10.9. The van der Waals surface area contributed by atoms with E-state index in [4.69, 9.17) is 20.6 Å². The SMILES string of the molecule is CN(CP(=O)(O)O)[C@@H](CCCCN)C(=O)O. The molecule has 0 radical (unpaired) electrons. The Kier molecular flexibility index (Phi) is 6.78. The Bertz CT molecular complexity index is 267. The van der Waals surface area contributed by atoms with Gasteiger partial charge in [-0.25, -0.2) is 0 Å². The lowest BCUT2D eigenvalue weighted by Gasteiger charge is -2.24. The van der Waals surface area contributed by atoms with E-state index >= 15 is 0 Å². The van der Waals surface area contributed by atoms with Gasteiger partial charge in [0, 0.05) is 0 Å². The highest BCUT2D eigenvalue weighted by molar-refractivity contribution is 7.51. The van der Waals surface area contributed by atoms with Crippen LogP contribution in [0.5, 0.6) is 0 Å². The Morgan fingerprint density at radius 1 is 1.44 bits per heavy atom. The summed E-state index contributed by atoms with van der Waals surface area (Å²) in [6, 6.07) is -0.876. The highest BCUT2D eigenvalue weighted by atomic mass is 31.2. The van der Waals surface area contributed by atoms with E-state index in [2.05, 4.69) is 0 Å². The second-order valence-electron chi connectivity index (χ2n) is 3.70. The lowest BCUT2D eigenvalue weighted by molar-refractivity contribution is -0.142. The summed E-state index contributed by atoms with van der Waals surface area (Å²) in [5.74, 6) is -1.08. The zero-order valence-electron chi connectivity index (χ0n) is 9.24. The van der Waals surface area contributed by atoms with Crippen molar-refractivity contribution < 1.29 is 24.3 Å². The molecule has 0 aliphatic rings. The molecule has 0 saturated carbocycles. The highest BCUT2D eigenvalue weighted by Crippen LogP contribution is 2.35. The molecule has 0 amide bonds. The van der Waals surface area contributed by atoms with E-state index in [1.807, 2.05) is 0 Å². The molecule has 5 N–H and O–H groups in total. The summed E-state index contributed by atoms with van der Waals surface area (Å²) < 4.78 is 10.7. The highest BCUT2D eigenvalue weighted by Gasteiger charge is 2.27. The van der Waals surface area contributed by atoms with Crippen LogP contribution in [0.3, 0.4) is 0 Å². The van der Waals surface area contributed by atoms with Gasteiger partial charge in [-0.05, 0) is 26.4 Å². The van der Waals surface area contributed by atoms with Crippen LogP contribution in [0.1, 0.15) is 19.3 Å². The first kappa shape index (κ1) is 15.5. The van der Waals surface area contributed by atoms with E-state index in [0.717, 1.165) is 0 Å². The van der Waals surface area contributed by atoms with Crippen molar-refractivity contribution >= 4 is 13.6 Å². The topological polar surface area (TPSA) is 124 Å². The maximum atomic E-state index is 10.9. The average Bonchev–Trinajstić information content (AvgIpc) is 2.08. The zero-order valence-corrected chi connectivity index (χ0v) is 10.1. The smallest absolute Gasteiger partial charge is 0.339 e. The van der Waals surface area contributed by atoms with Crippen molar-refractivity contribution in [3.63, 3.8) is 0 Å². The van der Waals surface area contributed by atoms with Crippen LogP contribution in [0.4, 0.5) is 0 Å². The van der Waals surface area contributed by atoms with Gasteiger partial charge in [0.1, 0.15) is 12.3 Å². The number of nitrogens with zero attached hydrogens (tertiary/aromatic N) is 1. The van der Waals surface area contributed by atoms with Gasteiger partial charge < -0.3 is 20.6 Å². The molecule has 0 saturated heterocycles. The Balaban J connectivity index is 4.30. The van der Waals surface area contributed by atoms with E-state index in [-0.39, 0.29) is 0 Å². The van der Waals surface area contributed by atoms with Gasteiger partial charge in [0.2, 0.25) is 0 Å². The number of unbranched alkanes of at least 4 members (excludes halogenated alkanes) is 1. The van der Waals surface area contributed by atoms with Gasteiger partial charge in [-0.1, -0.05) is 6.42 Å². The van der Waals surface area contributed by atoms with Gasteiger partial charge >= 0.3 is 13.6 Å². The number of carboxylic acids is 1. The third kappa shape index (κ3) is 6.92. The lowest BCUT2D eigenvalue weighted by atomic mass is 10.1. The Morgan fingerprint density at radius 2 is 2.00 bits per heavy atom. The Labute approximate surface area is 94.4 Å². The van der Waals surface area contributed by atoms with Crippen molar-refractivity contribution in [2.24, 2.45) is 5.73 Å². The van der Waals surface area contributed by atoms with Crippen molar-refractivity contribution in [1.82, 2.24) is 4.90 Å². The number of carbonyl (C=O) groups is 1. The number of likely N-dealkylation sites (N-methyl/N-ethyl adjacent to an activating group) is 1. The van der Waals surface area contributed by atoms with E-state index in [1.165, 1.54) is 11.9 Å². The second kappa shape index (κ2) is 6.98. The van der Waals surface area contributed by atoms with Crippen molar-refractivity contribution in [2.75, 3.05) is 19.9 Å². The van der Waals surface area contributed by atoms with E-state index in [1.54, 1.807) is 0 Å². The summed E-state index contributed by atoms with van der Waals surface area (Å²) in [6.07, 6.45) is 1.11. The Morgan fingerprint density at radius 3 is 2.38 bits per heavy atom. The van der Waals surface area contributed by atoms with Gasteiger partial charge in [-0.2, -0.15) is 0 Å². The monoisotopic (exact) mass is 254 g/mol. The van der Waals surface area contributed by atoms with Gasteiger partial charge in [0.05, 0.1) is 0 Å². The predicted molar refractivity (Wildman–Crippen MR) is 59.0 cm³/mol. The van der Waals surface area contributed by atoms with Crippen LogP contribution in [0, 0.1) is 0 Å². The predicted octanol–water partition coefficient (Wildman–Crippen LogP) is -0.364. The molecule has 7 nitrogen and oxygen atoms in total. The summed E-state index contributed by atoms with van der Waals surface area (Å²) in [7, 11) is -2.83. The van der Waals surface area contributed by atoms with Gasteiger partial charge in [-0.15, -0.1) is 0 Å². The molecule has 8 heteroatoms. The summed E-state index contributed by atoms with van der Waals surface area (Å²) >= 11 is 0. The molecule has 96 valence electrons. The third-order valence-corrected chi connectivity index (χ3v) is 2.97. The van der Waals surface area contributed by atoms with E-state index in [9.17, 15) is 9.36 Å². The van der Waals surface area contributed by atoms with Gasteiger partial charge in [0.15, 0.2) is 0 Å². The van der Waals surface area contributed by atoms with Crippen LogP contribution in [-0.2, 0) is 9.36 Å². The standard InChI is InChI=1S/C8H19N2O5P/c1-10(6-16(13,14)15)7(8(11)12)4-2-3-5-9/h7H,2-6,9H2,1H3,(H,11,12)(H2,13,14,15)/t7-/m0/s1. The molecule has 0 aliphatic carbocycles. The molecule has 0 unspecified atom stereocenters. The number of rotatable bonds is 8. The maximum Gasteiger partial charge on any atom is 0.339 e. The lowest BCUT2D eigenvalue weighted by Crippen LogP contribution is -2.39. The zero-order chi connectivity index (χ0) is 12.8. The number of hydrogen-bond acceptors (Lipinski definition) is 4. The molecule has 0 aromatic carbocycles. The Hall–Kier alpha value is -0.460. The first-order valence-electron chi connectivity index (χ1n) is 4.95. The fourth-order valence-electron chi connectivity index (χ4n) is 1.40. The van der Waals surface area contributed by atoms with Gasteiger partial charge in [-0.3, -0.25) is 14.3 Å². The van der Waals surface area contributed by atoms with Crippen LogP contribution >= 0.6 is 7.60 Å². The number of aliphatic carboxylic acids is 1. The van der Waals surface area contributed by atoms with Crippen LogP contribution in [0.15, 0.2) is 0 Å². The van der Waals surface area contributed by atoms with Crippen molar-refractivity contribution in [2.45, 2.75) is 25.3 Å². The minimum absolute atomic E-state index is 0.336. The first-order valence-corrected chi connectivity index (χ1v) is 6.75. The number of nitrogens with two attached hydrogens (primary N) is 1. The van der Waals surface area contributed by atoms with Gasteiger partial charge in [0.25, 0.3) is 0 Å². The molecule has 16 heavy (non-hydrogen) atoms. The summed E-state index contributed by atoms with van der Waals surface area (Å²) in [6.45, 7) is 0.481. The summed E-state index contributed by atoms with van der Waals surface area (Å²) in [4.78, 5) is 29.6. The molecule has 0 rings (SSSR count). The molecule has 1 atom stereocenters. The van der Waals surface area contributed by atoms with Crippen LogP contribution in [0.25, 0.3) is 0 Å². The molecule has 0 heterocycles. The minimum atomic E-state index is -4.22. The summed E-state index contributed by atoms with van der Waals surface area (Å²) in [5, 5.41) is 8.91. The van der Waals surface area contributed by atoms with Crippen molar-refractivity contribution in [3.8, 4) is 0 Å². The normalized spacial score (nSPS) is 14.1. The number of hydrogen-bond donors (Lipinski definition) is 4. The minimum Gasteiger partial charge on any atom is -0.480 e. The fourth-order valence-corrected chi connectivity index (χ4v) is 2.18. The average molecular weight is 254 g/mol. The molecule has 0 fully saturated rings. The molecule has 0 aliphatic heterocycles. The van der Waals surface area contributed by atoms with Crippen molar-refractivity contribution in [1.29, 1.82) is 0 Å². The van der Waals surface area contributed by atoms with Crippen LogP contribution < -0.4 is 5.73 Å².